The summed E-state index contributed by atoms with van der Waals surface area (Å²) in [7, 11) is 2.03. The van der Waals surface area contributed by atoms with Crippen molar-refractivity contribution in [3.8, 4) is 0 Å². The van der Waals surface area contributed by atoms with Gasteiger partial charge >= 0.3 is 0 Å². The summed E-state index contributed by atoms with van der Waals surface area (Å²) in [5.41, 5.74) is 3.15. The fraction of sp³-hybridized carbons (Fsp3) is 0.438. The third-order valence-corrected chi connectivity index (χ3v) is 3.76. The molecule has 0 amide bonds. The van der Waals surface area contributed by atoms with Crippen molar-refractivity contribution in [1.82, 2.24) is 15.0 Å². The summed E-state index contributed by atoms with van der Waals surface area (Å²) in [6.45, 7) is 4.33. The summed E-state index contributed by atoms with van der Waals surface area (Å²) in [4.78, 5) is 15.4. The Hall–Kier alpha value is -2.01. The zero-order valence-corrected chi connectivity index (χ0v) is 12.5. The quantitative estimate of drug-likeness (QED) is 0.862. The fourth-order valence-corrected chi connectivity index (χ4v) is 2.57. The van der Waals surface area contributed by atoms with Crippen molar-refractivity contribution in [2.75, 3.05) is 25.2 Å². The maximum atomic E-state index is 5.44. The second kappa shape index (κ2) is 6.18. The summed E-state index contributed by atoms with van der Waals surface area (Å²) in [5.74, 6) is 1.33. The zero-order valence-electron chi connectivity index (χ0n) is 12.5. The third kappa shape index (κ3) is 3.36. The molecule has 0 saturated carbocycles. The highest BCUT2D eigenvalue weighted by atomic mass is 16.5. The van der Waals surface area contributed by atoms with E-state index in [0.29, 0.717) is 5.92 Å². The van der Waals surface area contributed by atoms with Gasteiger partial charge in [-0.05, 0) is 25.5 Å². The zero-order chi connectivity index (χ0) is 14.7. The molecule has 1 aliphatic rings. The smallest absolute Gasteiger partial charge is 0.132 e. The van der Waals surface area contributed by atoms with E-state index in [9.17, 15) is 0 Å². The highest BCUT2D eigenvalue weighted by molar-refractivity contribution is 5.39. The Morgan fingerprint density at radius 2 is 2.24 bits per heavy atom. The van der Waals surface area contributed by atoms with Crippen LogP contribution in [0.5, 0.6) is 0 Å². The molecule has 0 aliphatic carbocycles. The van der Waals surface area contributed by atoms with E-state index in [4.69, 9.17) is 4.74 Å². The maximum absolute atomic E-state index is 5.44. The molecule has 5 nitrogen and oxygen atoms in total. The molecular formula is C16H20N4O. The minimum absolute atomic E-state index is 0.400. The van der Waals surface area contributed by atoms with Crippen LogP contribution in [0.3, 0.4) is 0 Å². The van der Waals surface area contributed by atoms with Crippen LogP contribution in [0.25, 0.3) is 0 Å². The first kappa shape index (κ1) is 13.9. The summed E-state index contributed by atoms with van der Waals surface area (Å²) in [6, 6.07) is 8.14. The van der Waals surface area contributed by atoms with E-state index >= 15 is 0 Å². The molecule has 0 N–H and O–H groups in total. The van der Waals surface area contributed by atoms with Gasteiger partial charge < -0.3 is 9.64 Å². The van der Waals surface area contributed by atoms with Gasteiger partial charge in [-0.1, -0.05) is 6.07 Å². The van der Waals surface area contributed by atoms with Gasteiger partial charge in [0.25, 0.3) is 0 Å². The van der Waals surface area contributed by atoms with Gasteiger partial charge in [0.1, 0.15) is 12.1 Å². The lowest BCUT2D eigenvalue weighted by molar-refractivity contribution is 0.193. The van der Waals surface area contributed by atoms with Crippen molar-refractivity contribution in [2.45, 2.75) is 25.8 Å². The predicted molar refractivity (Wildman–Crippen MR) is 81.3 cm³/mol. The molecule has 110 valence electrons. The number of hydrogen-bond acceptors (Lipinski definition) is 5. The largest absolute Gasteiger partial charge is 0.381 e. The van der Waals surface area contributed by atoms with E-state index in [1.165, 1.54) is 0 Å². The highest BCUT2D eigenvalue weighted by Gasteiger charge is 2.20. The SMILES string of the molecule is Cc1cccc(CN(C)c2cc(C3CCOC3)ncn2)n1. The molecule has 3 heterocycles. The number of rotatable bonds is 4. The highest BCUT2D eigenvalue weighted by Crippen LogP contribution is 2.25. The third-order valence-electron chi connectivity index (χ3n) is 3.76. The van der Waals surface area contributed by atoms with E-state index in [1.807, 2.05) is 32.2 Å². The van der Waals surface area contributed by atoms with Crippen molar-refractivity contribution >= 4 is 5.82 Å². The number of pyridine rings is 1. The average molecular weight is 284 g/mol. The van der Waals surface area contributed by atoms with Crippen LogP contribution in [-0.2, 0) is 11.3 Å². The second-order valence-electron chi connectivity index (χ2n) is 5.49. The Morgan fingerprint density at radius 1 is 1.33 bits per heavy atom. The Balaban J connectivity index is 1.75. The molecule has 2 aromatic heterocycles. The van der Waals surface area contributed by atoms with Crippen molar-refractivity contribution in [3.05, 3.63) is 47.7 Å². The molecule has 1 atom stereocenters. The Morgan fingerprint density at radius 3 is 3.00 bits per heavy atom. The molecule has 5 heteroatoms. The van der Waals surface area contributed by atoms with Crippen molar-refractivity contribution in [3.63, 3.8) is 0 Å². The lowest BCUT2D eigenvalue weighted by atomic mass is 10.0. The van der Waals surface area contributed by atoms with Crippen LogP contribution in [0.15, 0.2) is 30.6 Å². The maximum Gasteiger partial charge on any atom is 0.132 e. The van der Waals surface area contributed by atoms with E-state index < -0.39 is 0 Å². The molecule has 1 fully saturated rings. The van der Waals surface area contributed by atoms with E-state index in [1.54, 1.807) is 6.33 Å². The monoisotopic (exact) mass is 284 g/mol. The number of ether oxygens (including phenoxy) is 1. The summed E-state index contributed by atoms with van der Waals surface area (Å²) in [6.07, 6.45) is 2.68. The summed E-state index contributed by atoms with van der Waals surface area (Å²) < 4.78 is 5.44. The van der Waals surface area contributed by atoms with Gasteiger partial charge in [0.2, 0.25) is 0 Å². The van der Waals surface area contributed by atoms with Crippen molar-refractivity contribution in [1.29, 1.82) is 0 Å². The van der Waals surface area contributed by atoms with Crippen LogP contribution in [0.4, 0.5) is 5.82 Å². The number of aromatic nitrogens is 3. The summed E-state index contributed by atoms with van der Waals surface area (Å²) in [5, 5.41) is 0. The topological polar surface area (TPSA) is 51.1 Å². The normalized spacial score (nSPS) is 17.9. The van der Waals surface area contributed by atoms with Crippen molar-refractivity contribution in [2.24, 2.45) is 0 Å². The van der Waals surface area contributed by atoms with E-state index in [0.717, 1.165) is 49.1 Å². The van der Waals surface area contributed by atoms with Gasteiger partial charge in [0.05, 0.1) is 24.5 Å². The standard InChI is InChI=1S/C16H20N4O/c1-12-4-3-5-14(19-12)9-20(2)16-8-15(17-11-18-16)13-6-7-21-10-13/h3-5,8,11,13H,6-7,9-10H2,1-2H3. The van der Waals surface area contributed by atoms with Crippen LogP contribution in [-0.4, -0.2) is 35.2 Å². The van der Waals surface area contributed by atoms with Crippen LogP contribution in [0.1, 0.15) is 29.4 Å². The molecule has 2 aromatic rings. The Bertz CT molecular complexity index is 611. The van der Waals surface area contributed by atoms with Gasteiger partial charge in [0, 0.05) is 31.3 Å². The van der Waals surface area contributed by atoms with Crippen LogP contribution >= 0.6 is 0 Å². The van der Waals surface area contributed by atoms with Gasteiger partial charge in [0.15, 0.2) is 0 Å². The average Bonchev–Trinajstić information content (AvgIpc) is 3.02. The minimum atomic E-state index is 0.400. The minimum Gasteiger partial charge on any atom is -0.381 e. The Kier molecular flexibility index (Phi) is 4.10. The van der Waals surface area contributed by atoms with Gasteiger partial charge in [-0.25, -0.2) is 9.97 Å². The number of aryl methyl sites for hydroxylation is 1. The molecule has 1 unspecified atom stereocenters. The van der Waals surface area contributed by atoms with Crippen LogP contribution in [0, 0.1) is 6.92 Å². The van der Waals surface area contributed by atoms with Crippen LogP contribution in [0.2, 0.25) is 0 Å². The number of nitrogens with zero attached hydrogens (tertiary/aromatic N) is 4. The Labute approximate surface area is 125 Å². The first-order valence-corrected chi connectivity index (χ1v) is 7.26. The molecule has 21 heavy (non-hydrogen) atoms. The van der Waals surface area contributed by atoms with Gasteiger partial charge in [-0.2, -0.15) is 0 Å². The van der Waals surface area contributed by atoms with Crippen LogP contribution < -0.4 is 4.90 Å². The molecule has 0 spiro atoms. The first-order valence-electron chi connectivity index (χ1n) is 7.26. The van der Waals surface area contributed by atoms with E-state index in [-0.39, 0.29) is 0 Å². The van der Waals surface area contributed by atoms with E-state index in [2.05, 4.69) is 25.9 Å². The lowest BCUT2D eigenvalue weighted by Crippen LogP contribution is -2.19. The van der Waals surface area contributed by atoms with Gasteiger partial charge in [-0.3, -0.25) is 4.98 Å². The number of anilines is 1. The second-order valence-corrected chi connectivity index (χ2v) is 5.49. The predicted octanol–water partition coefficient (Wildman–Crippen LogP) is 2.32. The van der Waals surface area contributed by atoms with Crippen molar-refractivity contribution < 1.29 is 4.74 Å². The molecule has 0 bridgehead atoms. The molecular weight excluding hydrogens is 264 g/mol. The molecule has 1 aliphatic heterocycles. The summed E-state index contributed by atoms with van der Waals surface area (Å²) >= 11 is 0. The molecule has 0 aromatic carbocycles. The molecule has 3 rings (SSSR count). The van der Waals surface area contributed by atoms with Gasteiger partial charge in [-0.15, -0.1) is 0 Å². The lowest BCUT2D eigenvalue weighted by Gasteiger charge is -2.19. The molecule has 0 radical (unpaired) electrons. The fourth-order valence-electron chi connectivity index (χ4n) is 2.57. The molecule has 1 saturated heterocycles. The number of hydrogen-bond donors (Lipinski definition) is 0. The first-order chi connectivity index (χ1) is 10.2.